The monoisotopic (exact) mass is 374 g/mol. The number of aryl methyl sites for hydroxylation is 1. The first-order valence-electron chi connectivity index (χ1n) is 8.75. The van der Waals surface area contributed by atoms with Gasteiger partial charge in [0.2, 0.25) is 0 Å². The first-order chi connectivity index (χ1) is 12.7. The number of nitrogens with two attached hydrogens (primary N) is 1. The molecule has 3 rings (SSSR count). The molecule has 0 bridgehead atoms. The van der Waals surface area contributed by atoms with Crippen molar-refractivity contribution < 1.29 is 9.47 Å². The average Bonchev–Trinajstić information content (AvgIpc) is 3.09. The van der Waals surface area contributed by atoms with E-state index in [-0.39, 0.29) is 6.04 Å². The SMILES string of the molecule is COc1ccc(NC(N)=NCC(c2ccc(C)s2)N2CCOCC2)cc1. The molecule has 6 nitrogen and oxygen atoms in total. The Kier molecular flexibility index (Phi) is 6.49. The van der Waals surface area contributed by atoms with Crippen LogP contribution in [0.4, 0.5) is 5.69 Å². The second-order valence-electron chi connectivity index (χ2n) is 6.19. The molecule has 7 heteroatoms. The minimum Gasteiger partial charge on any atom is -0.497 e. The fourth-order valence-corrected chi connectivity index (χ4v) is 3.96. The van der Waals surface area contributed by atoms with Crippen LogP contribution in [-0.2, 0) is 4.74 Å². The summed E-state index contributed by atoms with van der Waals surface area (Å²) in [5, 5.41) is 3.14. The van der Waals surface area contributed by atoms with E-state index in [1.165, 1.54) is 9.75 Å². The number of morpholine rings is 1. The number of aliphatic imine (C=N–C) groups is 1. The number of nitrogens with one attached hydrogen (secondary N) is 1. The molecule has 2 aromatic rings. The van der Waals surface area contributed by atoms with Gasteiger partial charge in [-0.3, -0.25) is 9.89 Å². The highest BCUT2D eigenvalue weighted by molar-refractivity contribution is 7.12. The maximum absolute atomic E-state index is 6.11. The third-order valence-electron chi connectivity index (χ3n) is 4.37. The molecule has 0 aliphatic carbocycles. The van der Waals surface area contributed by atoms with Crippen molar-refractivity contribution in [2.45, 2.75) is 13.0 Å². The van der Waals surface area contributed by atoms with Gasteiger partial charge in [0.1, 0.15) is 5.75 Å². The Bertz CT molecular complexity index is 723. The Hall–Kier alpha value is -2.09. The Morgan fingerprint density at radius 2 is 2.00 bits per heavy atom. The Morgan fingerprint density at radius 3 is 2.62 bits per heavy atom. The summed E-state index contributed by atoms with van der Waals surface area (Å²) in [4.78, 5) is 9.67. The topological polar surface area (TPSA) is 72.1 Å². The quantitative estimate of drug-likeness (QED) is 0.601. The van der Waals surface area contributed by atoms with Crippen molar-refractivity contribution in [1.82, 2.24) is 4.90 Å². The molecule has 0 radical (unpaired) electrons. The lowest BCUT2D eigenvalue weighted by molar-refractivity contribution is 0.0187. The van der Waals surface area contributed by atoms with Gasteiger partial charge in [-0.15, -0.1) is 11.3 Å². The largest absolute Gasteiger partial charge is 0.497 e. The van der Waals surface area contributed by atoms with E-state index in [2.05, 4.69) is 34.3 Å². The van der Waals surface area contributed by atoms with Crippen LogP contribution in [0.5, 0.6) is 5.75 Å². The number of hydrogen-bond donors (Lipinski definition) is 2. The summed E-state index contributed by atoms with van der Waals surface area (Å²) >= 11 is 1.82. The maximum Gasteiger partial charge on any atom is 0.193 e. The van der Waals surface area contributed by atoms with Crippen LogP contribution in [0.2, 0.25) is 0 Å². The van der Waals surface area contributed by atoms with E-state index in [1.54, 1.807) is 7.11 Å². The smallest absolute Gasteiger partial charge is 0.193 e. The van der Waals surface area contributed by atoms with Gasteiger partial charge >= 0.3 is 0 Å². The molecule has 140 valence electrons. The fraction of sp³-hybridized carbons (Fsp3) is 0.421. The molecule has 1 atom stereocenters. The molecule has 1 aliphatic rings. The van der Waals surface area contributed by atoms with Gasteiger partial charge in [-0.2, -0.15) is 0 Å². The predicted molar refractivity (Wildman–Crippen MR) is 107 cm³/mol. The minimum absolute atomic E-state index is 0.230. The van der Waals surface area contributed by atoms with Crippen LogP contribution in [0.1, 0.15) is 15.8 Å². The second kappa shape index (κ2) is 9.02. The number of nitrogens with zero attached hydrogens (tertiary/aromatic N) is 2. The zero-order valence-corrected chi connectivity index (χ0v) is 16.1. The molecular weight excluding hydrogens is 348 g/mol. The fourth-order valence-electron chi connectivity index (χ4n) is 2.95. The Balaban J connectivity index is 1.67. The number of methoxy groups -OCH3 is 1. The van der Waals surface area contributed by atoms with E-state index >= 15 is 0 Å². The molecule has 1 fully saturated rings. The third-order valence-corrected chi connectivity index (χ3v) is 5.47. The Labute approximate surface area is 158 Å². The summed E-state index contributed by atoms with van der Waals surface area (Å²) in [6.45, 7) is 6.13. The van der Waals surface area contributed by atoms with Crippen molar-refractivity contribution in [2.75, 3.05) is 45.3 Å². The number of rotatable bonds is 6. The van der Waals surface area contributed by atoms with Crippen molar-refractivity contribution in [3.63, 3.8) is 0 Å². The van der Waals surface area contributed by atoms with Crippen molar-refractivity contribution in [1.29, 1.82) is 0 Å². The van der Waals surface area contributed by atoms with E-state index in [0.29, 0.717) is 12.5 Å². The first-order valence-corrected chi connectivity index (χ1v) is 9.56. The van der Waals surface area contributed by atoms with E-state index < -0.39 is 0 Å². The number of anilines is 1. The van der Waals surface area contributed by atoms with Gasteiger partial charge in [-0.1, -0.05) is 0 Å². The maximum atomic E-state index is 6.11. The lowest BCUT2D eigenvalue weighted by Crippen LogP contribution is -2.40. The van der Waals surface area contributed by atoms with Gasteiger partial charge in [-0.25, -0.2) is 0 Å². The molecular formula is C19H26N4O2S. The van der Waals surface area contributed by atoms with Crippen LogP contribution in [0.25, 0.3) is 0 Å². The number of benzene rings is 1. The summed E-state index contributed by atoms with van der Waals surface area (Å²) < 4.78 is 10.7. The number of ether oxygens (including phenoxy) is 2. The normalized spacial score (nSPS) is 17.1. The van der Waals surface area contributed by atoms with Crippen LogP contribution in [0.3, 0.4) is 0 Å². The first kappa shape index (κ1) is 18.7. The van der Waals surface area contributed by atoms with E-state index in [9.17, 15) is 0 Å². The molecule has 2 heterocycles. The van der Waals surface area contributed by atoms with Crippen LogP contribution in [-0.4, -0.2) is 50.8 Å². The summed E-state index contributed by atoms with van der Waals surface area (Å²) in [6.07, 6.45) is 0. The minimum atomic E-state index is 0.230. The van der Waals surface area contributed by atoms with Gasteiger partial charge in [-0.05, 0) is 43.3 Å². The summed E-state index contributed by atoms with van der Waals surface area (Å²) in [7, 11) is 1.65. The van der Waals surface area contributed by atoms with Crippen LogP contribution >= 0.6 is 11.3 Å². The van der Waals surface area contributed by atoms with Crippen molar-refractivity contribution in [2.24, 2.45) is 10.7 Å². The van der Waals surface area contributed by atoms with Gasteiger partial charge < -0.3 is 20.5 Å². The zero-order valence-electron chi connectivity index (χ0n) is 15.3. The lowest BCUT2D eigenvalue weighted by Gasteiger charge is -2.33. The highest BCUT2D eigenvalue weighted by Crippen LogP contribution is 2.28. The standard InChI is InChI=1S/C19H26N4O2S/c1-14-3-8-18(26-14)17(23-9-11-25-12-10-23)13-21-19(20)22-15-4-6-16(24-2)7-5-15/h3-8,17H,9-13H2,1-2H3,(H3,20,21,22). The van der Waals surface area contributed by atoms with Crippen LogP contribution in [0.15, 0.2) is 41.4 Å². The van der Waals surface area contributed by atoms with Crippen LogP contribution < -0.4 is 15.8 Å². The third kappa shape index (κ3) is 4.97. The highest BCUT2D eigenvalue weighted by Gasteiger charge is 2.23. The van der Waals surface area contributed by atoms with Gasteiger partial charge in [0.15, 0.2) is 5.96 Å². The summed E-state index contributed by atoms with van der Waals surface area (Å²) in [6, 6.07) is 12.2. The molecule has 1 saturated heterocycles. The zero-order chi connectivity index (χ0) is 18.4. The van der Waals surface area contributed by atoms with Crippen molar-refractivity contribution >= 4 is 23.0 Å². The lowest BCUT2D eigenvalue weighted by atomic mass is 10.2. The number of thiophene rings is 1. The van der Waals surface area contributed by atoms with Crippen molar-refractivity contribution in [3.8, 4) is 5.75 Å². The molecule has 1 aliphatic heterocycles. The van der Waals surface area contributed by atoms with Gasteiger partial charge in [0.25, 0.3) is 0 Å². The number of hydrogen-bond acceptors (Lipinski definition) is 5. The number of guanidine groups is 1. The van der Waals surface area contributed by atoms with Gasteiger partial charge in [0, 0.05) is 28.5 Å². The molecule has 0 saturated carbocycles. The molecule has 1 aromatic heterocycles. The molecule has 0 spiro atoms. The summed E-state index contributed by atoms with van der Waals surface area (Å²) in [5.74, 6) is 1.23. The molecule has 1 aromatic carbocycles. The second-order valence-corrected chi connectivity index (χ2v) is 7.51. The summed E-state index contributed by atoms with van der Waals surface area (Å²) in [5.41, 5.74) is 7.00. The molecule has 3 N–H and O–H groups in total. The molecule has 0 amide bonds. The highest BCUT2D eigenvalue weighted by atomic mass is 32.1. The average molecular weight is 375 g/mol. The van der Waals surface area contributed by atoms with Gasteiger partial charge in [0.05, 0.1) is 32.9 Å². The van der Waals surface area contributed by atoms with Crippen molar-refractivity contribution in [3.05, 3.63) is 46.2 Å². The molecule has 26 heavy (non-hydrogen) atoms. The Morgan fingerprint density at radius 1 is 1.27 bits per heavy atom. The van der Waals surface area contributed by atoms with E-state index in [0.717, 1.165) is 37.7 Å². The predicted octanol–water partition coefficient (Wildman–Crippen LogP) is 2.87. The van der Waals surface area contributed by atoms with Crippen LogP contribution in [0, 0.1) is 6.92 Å². The molecule has 1 unspecified atom stereocenters. The van der Waals surface area contributed by atoms with E-state index in [4.69, 9.17) is 15.2 Å². The van der Waals surface area contributed by atoms with E-state index in [1.807, 2.05) is 35.6 Å².